The van der Waals surface area contributed by atoms with Crippen molar-refractivity contribution in [1.82, 2.24) is 0 Å². The molecular weight excluding hydrogens is 122 g/mol. The van der Waals surface area contributed by atoms with Crippen molar-refractivity contribution < 1.29 is 0 Å². The maximum atomic E-state index is 5.29. The van der Waals surface area contributed by atoms with Gasteiger partial charge in [0.1, 0.15) is 0 Å². The third kappa shape index (κ3) is 1.85. The average Bonchev–Trinajstić information content (AvgIpc) is 2.22. The summed E-state index contributed by atoms with van der Waals surface area (Å²) in [6.07, 6.45) is 2.38. The molecule has 0 amide bonds. The quantitative estimate of drug-likeness (QED) is 0.566. The van der Waals surface area contributed by atoms with Gasteiger partial charge in [0.2, 0.25) is 0 Å². The number of hydrogen-bond acceptors (Lipinski definition) is 1. The zero-order valence-corrected chi connectivity index (χ0v) is 5.71. The van der Waals surface area contributed by atoms with E-state index in [2.05, 4.69) is 6.58 Å². The molecule has 8 heavy (non-hydrogen) atoms. The molecule has 48 valence electrons. The second-order valence-electron chi connectivity index (χ2n) is 2.14. The van der Waals surface area contributed by atoms with Crippen LogP contribution in [0, 0.1) is 5.92 Å². The number of halogens is 1. The molecular formula is C6H12ClN. The van der Waals surface area contributed by atoms with Gasteiger partial charge in [-0.3, -0.25) is 0 Å². The van der Waals surface area contributed by atoms with Gasteiger partial charge in [-0.1, -0.05) is 12.2 Å². The second kappa shape index (κ2) is 3.10. The minimum absolute atomic E-state index is 0. The number of rotatable bonds is 2. The molecule has 1 fully saturated rings. The predicted octanol–water partition coefficient (Wildman–Crippen LogP) is 1.33. The minimum atomic E-state index is 0. The molecule has 0 aliphatic heterocycles. The topological polar surface area (TPSA) is 26.0 Å². The summed E-state index contributed by atoms with van der Waals surface area (Å²) in [5.74, 6) is 0.796. The highest BCUT2D eigenvalue weighted by molar-refractivity contribution is 5.85. The van der Waals surface area contributed by atoms with Gasteiger partial charge in [-0.05, 0) is 25.3 Å². The largest absolute Gasteiger partial charge is 0.330 e. The summed E-state index contributed by atoms with van der Waals surface area (Å²) in [6, 6.07) is 0. The maximum Gasteiger partial charge on any atom is -0.00715 e. The van der Waals surface area contributed by atoms with Crippen molar-refractivity contribution in [2.75, 3.05) is 6.54 Å². The van der Waals surface area contributed by atoms with E-state index in [1.165, 1.54) is 12.0 Å². The third-order valence-electron chi connectivity index (χ3n) is 1.44. The standard InChI is InChI=1S/C6H11N.ClH/c1-5-4-6(5)2-3-7;/h6H,1-4,7H2;1H. The van der Waals surface area contributed by atoms with Crippen LogP contribution in [0.3, 0.4) is 0 Å². The van der Waals surface area contributed by atoms with E-state index in [9.17, 15) is 0 Å². The number of allylic oxidation sites excluding steroid dienone is 1. The van der Waals surface area contributed by atoms with Crippen molar-refractivity contribution in [3.05, 3.63) is 12.2 Å². The molecule has 0 radical (unpaired) electrons. The van der Waals surface area contributed by atoms with Gasteiger partial charge >= 0.3 is 0 Å². The average molecular weight is 134 g/mol. The Balaban J connectivity index is 0.000000490. The van der Waals surface area contributed by atoms with Crippen LogP contribution in [-0.4, -0.2) is 6.54 Å². The van der Waals surface area contributed by atoms with Gasteiger partial charge in [0.15, 0.2) is 0 Å². The van der Waals surface area contributed by atoms with E-state index in [-0.39, 0.29) is 12.4 Å². The van der Waals surface area contributed by atoms with Gasteiger partial charge < -0.3 is 5.73 Å². The van der Waals surface area contributed by atoms with Crippen LogP contribution in [0.4, 0.5) is 0 Å². The van der Waals surface area contributed by atoms with Crippen LogP contribution in [-0.2, 0) is 0 Å². The van der Waals surface area contributed by atoms with Crippen LogP contribution in [0.5, 0.6) is 0 Å². The highest BCUT2D eigenvalue weighted by Gasteiger charge is 2.25. The van der Waals surface area contributed by atoms with Gasteiger partial charge in [0.05, 0.1) is 0 Å². The van der Waals surface area contributed by atoms with Gasteiger partial charge in [-0.2, -0.15) is 0 Å². The monoisotopic (exact) mass is 133 g/mol. The van der Waals surface area contributed by atoms with Crippen LogP contribution in [0.15, 0.2) is 12.2 Å². The highest BCUT2D eigenvalue weighted by Crippen LogP contribution is 2.37. The van der Waals surface area contributed by atoms with Crippen molar-refractivity contribution >= 4 is 12.4 Å². The van der Waals surface area contributed by atoms with Crippen LogP contribution < -0.4 is 5.73 Å². The van der Waals surface area contributed by atoms with Crippen LogP contribution >= 0.6 is 12.4 Å². The fraction of sp³-hybridized carbons (Fsp3) is 0.667. The zero-order chi connectivity index (χ0) is 5.28. The molecule has 0 aromatic heterocycles. The fourth-order valence-corrected chi connectivity index (χ4v) is 0.765. The SMILES string of the molecule is C=C1CC1CCN.Cl. The van der Waals surface area contributed by atoms with Gasteiger partial charge in [-0.25, -0.2) is 0 Å². The number of nitrogens with two attached hydrogens (primary N) is 1. The van der Waals surface area contributed by atoms with E-state index in [1.807, 2.05) is 0 Å². The molecule has 1 aliphatic rings. The van der Waals surface area contributed by atoms with Crippen LogP contribution in [0.1, 0.15) is 12.8 Å². The summed E-state index contributed by atoms with van der Waals surface area (Å²) in [6.45, 7) is 4.63. The van der Waals surface area contributed by atoms with Crippen LogP contribution in [0.2, 0.25) is 0 Å². The lowest BCUT2D eigenvalue weighted by atomic mass is 10.3. The Kier molecular flexibility index (Phi) is 3.10. The molecule has 0 saturated heterocycles. The Bertz CT molecular complexity index is 90.5. The lowest BCUT2D eigenvalue weighted by molar-refractivity contribution is 0.760. The first-order chi connectivity index (χ1) is 3.34. The van der Waals surface area contributed by atoms with E-state index in [0.29, 0.717) is 0 Å². The number of hydrogen-bond donors (Lipinski definition) is 1. The molecule has 1 unspecified atom stereocenters. The molecule has 0 bridgehead atoms. The summed E-state index contributed by atoms with van der Waals surface area (Å²) in [5.41, 5.74) is 6.68. The normalized spacial score (nSPS) is 24.6. The summed E-state index contributed by atoms with van der Waals surface area (Å²) in [7, 11) is 0. The summed E-state index contributed by atoms with van der Waals surface area (Å²) in [4.78, 5) is 0. The van der Waals surface area contributed by atoms with Crippen LogP contribution in [0.25, 0.3) is 0 Å². The van der Waals surface area contributed by atoms with E-state index < -0.39 is 0 Å². The van der Waals surface area contributed by atoms with Crippen molar-refractivity contribution in [2.24, 2.45) is 11.7 Å². The second-order valence-corrected chi connectivity index (χ2v) is 2.14. The van der Waals surface area contributed by atoms with Crippen molar-refractivity contribution in [3.8, 4) is 0 Å². The predicted molar refractivity (Wildman–Crippen MR) is 38.2 cm³/mol. The Morgan fingerprint density at radius 3 is 2.38 bits per heavy atom. The fourth-order valence-electron chi connectivity index (χ4n) is 0.765. The lowest BCUT2D eigenvalue weighted by Gasteiger charge is -1.84. The molecule has 1 saturated carbocycles. The molecule has 0 aromatic carbocycles. The molecule has 1 aliphatic carbocycles. The molecule has 2 heteroatoms. The third-order valence-corrected chi connectivity index (χ3v) is 1.44. The summed E-state index contributed by atoms with van der Waals surface area (Å²) >= 11 is 0. The first-order valence-corrected chi connectivity index (χ1v) is 2.72. The zero-order valence-electron chi connectivity index (χ0n) is 4.89. The van der Waals surface area contributed by atoms with Gasteiger partial charge in [-0.15, -0.1) is 12.4 Å². The Labute approximate surface area is 56.4 Å². The molecule has 0 heterocycles. The lowest BCUT2D eigenvalue weighted by Crippen LogP contribution is -1.98. The molecule has 1 nitrogen and oxygen atoms in total. The molecule has 1 atom stereocenters. The van der Waals surface area contributed by atoms with E-state index in [4.69, 9.17) is 5.73 Å². The Morgan fingerprint density at radius 1 is 1.75 bits per heavy atom. The van der Waals surface area contributed by atoms with Gasteiger partial charge in [0, 0.05) is 0 Å². The van der Waals surface area contributed by atoms with E-state index >= 15 is 0 Å². The van der Waals surface area contributed by atoms with Crippen molar-refractivity contribution in [2.45, 2.75) is 12.8 Å². The van der Waals surface area contributed by atoms with Crippen molar-refractivity contribution in [3.63, 3.8) is 0 Å². The Morgan fingerprint density at radius 2 is 2.25 bits per heavy atom. The molecule has 1 rings (SSSR count). The first kappa shape index (κ1) is 7.99. The summed E-state index contributed by atoms with van der Waals surface area (Å²) < 4.78 is 0. The summed E-state index contributed by atoms with van der Waals surface area (Å²) in [5, 5.41) is 0. The van der Waals surface area contributed by atoms with E-state index in [0.717, 1.165) is 18.9 Å². The first-order valence-electron chi connectivity index (χ1n) is 2.72. The molecule has 0 spiro atoms. The molecule has 2 N–H and O–H groups in total. The smallest absolute Gasteiger partial charge is 0.00715 e. The highest BCUT2D eigenvalue weighted by atomic mass is 35.5. The molecule has 0 aromatic rings. The maximum absolute atomic E-state index is 5.29. The van der Waals surface area contributed by atoms with Gasteiger partial charge in [0.25, 0.3) is 0 Å². The Hall–Kier alpha value is -0.0100. The van der Waals surface area contributed by atoms with Crippen molar-refractivity contribution in [1.29, 1.82) is 0 Å². The minimum Gasteiger partial charge on any atom is -0.330 e. The van der Waals surface area contributed by atoms with E-state index in [1.54, 1.807) is 0 Å².